The molecular weight excluding hydrogens is 256 g/mol. The molecule has 1 aliphatic rings. The molecule has 1 unspecified atom stereocenters. The highest BCUT2D eigenvalue weighted by Gasteiger charge is 2.15. The van der Waals surface area contributed by atoms with E-state index in [4.69, 9.17) is 9.47 Å². The van der Waals surface area contributed by atoms with Crippen LogP contribution >= 0.6 is 0 Å². The number of methoxy groups -OCH3 is 2. The van der Waals surface area contributed by atoms with Crippen LogP contribution in [-0.4, -0.2) is 39.8 Å². The molecule has 5 heteroatoms. The van der Waals surface area contributed by atoms with E-state index in [0.29, 0.717) is 29.5 Å². The molecule has 1 amide bonds. The van der Waals surface area contributed by atoms with Gasteiger partial charge >= 0.3 is 0 Å². The quantitative estimate of drug-likeness (QED) is 0.855. The molecule has 1 heterocycles. The highest BCUT2D eigenvalue weighted by Crippen LogP contribution is 2.22. The number of rotatable bonds is 5. The van der Waals surface area contributed by atoms with Gasteiger partial charge in [0.1, 0.15) is 11.5 Å². The van der Waals surface area contributed by atoms with E-state index in [2.05, 4.69) is 10.6 Å². The molecule has 2 rings (SSSR count). The smallest absolute Gasteiger partial charge is 0.251 e. The summed E-state index contributed by atoms with van der Waals surface area (Å²) in [5.74, 6) is 1.66. The maximum Gasteiger partial charge on any atom is 0.251 e. The standard InChI is InChI=1S/C15H22N2O3/c1-19-13-6-12(7-14(8-13)20-2)15(18)17-10-11-4-3-5-16-9-11/h6-8,11,16H,3-5,9-10H2,1-2H3,(H,17,18). The van der Waals surface area contributed by atoms with Crippen molar-refractivity contribution in [2.24, 2.45) is 5.92 Å². The van der Waals surface area contributed by atoms with Crippen molar-refractivity contribution >= 4 is 5.91 Å². The van der Waals surface area contributed by atoms with Crippen LogP contribution in [0.15, 0.2) is 18.2 Å². The number of amides is 1. The number of nitrogens with one attached hydrogen (secondary N) is 2. The van der Waals surface area contributed by atoms with Gasteiger partial charge in [-0.05, 0) is 44.0 Å². The number of piperidine rings is 1. The van der Waals surface area contributed by atoms with E-state index in [1.165, 1.54) is 6.42 Å². The minimum atomic E-state index is -0.0900. The zero-order chi connectivity index (χ0) is 14.4. The Morgan fingerprint density at radius 2 is 2.00 bits per heavy atom. The van der Waals surface area contributed by atoms with Gasteiger partial charge in [-0.1, -0.05) is 0 Å². The predicted molar refractivity (Wildman–Crippen MR) is 77.5 cm³/mol. The monoisotopic (exact) mass is 278 g/mol. The average Bonchev–Trinajstić information content (AvgIpc) is 2.52. The highest BCUT2D eigenvalue weighted by molar-refractivity contribution is 5.95. The molecule has 1 aromatic rings. The molecule has 5 nitrogen and oxygen atoms in total. The third-order valence-electron chi connectivity index (χ3n) is 3.56. The van der Waals surface area contributed by atoms with Crippen molar-refractivity contribution in [3.8, 4) is 11.5 Å². The number of carbonyl (C=O) groups is 1. The lowest BCUT2D eigenvalue weighted by Crippen LogP contribution is -2.38. The maximum absolute atomic E-state index is 12.2. The second kappa shape index (κ2) is 7.14. The summed E-state index contributed by atoms with van der Waals surface area (Å²) in [7, 11) is 3.15. The molecule has 1 fully saturated rings. The molecule has 1 atom stereocenters. The van der Waals surface area contributed by atoms with E-state index in [9.17, 15) is 4.79 Å². The molecule has 1 aromatic carbocycles. The Kier molecular flexibility index (Phi) is 5.24. The summed E-state index contributed by atoms with van der Waals surface area (Å²) in [6, 6.07) is 5.19. The summed E-state index contributed by atoms with van der Waals surface area (Å²) in [5, 5.41) is 6.32. The van der Waals surface area contributed by atoms with Crippen LogP contribution in [0.3, 0.4) is 0 Å². The van der Waals surface area contributed by atoms with Gasteiger partial charge in [0.2, 0.25) is 0 Å². The molecule has 0 aliphatic carbocycles. The normalized spacial score (nSPS) is 18.4. The molecular formula is C15H22N2O3. The Bertz CT molecular complexity index is 434. The van der Waals surface area contributed by atoms with Crippen molar-refractivity contribution < 1.29 is 14.3 Å². The number of ether oxygens (including phenoxy) is 2. The SMILES string of the molecule is COc1cc(OC)cc(C(=O)NCC2CCCNC2)c1. The van der Waals surface area contributed by atoms with Crippen molar-refractivity contribution in [1.29, 1.82) is 0 Å². The molecule has 0 aromatic heterocycles. The van der Waals surface area contributed by atoms with Crippen LogP contribution in [0.4, 0.5) is 0 Å². The van der Waals surface area contributed by atoms with Gasteiger partial charge in [0.05, 0.1) is 14.2 Å². The highest BCUT2D eigenvalue weighted by atomic mass is 16.5. The first-order valence-corrected chi connectivity index (χ1v) is 6.95. The summed E-state index contributed by atoms with van der Waals surface area (Å²) < 4.78 is 10.3. The van der Waals surface area contributed by atoms with Gasteiger partial charge in [0.25, 0.3) is 5.91 Å². The molecule has 0 radical (unpaired) electrons. The number of benzene rings is 1. The molecule has 1 aliphatic heterocycles. The minimum Gasteiger partial charge on any atom is -0.497 e. The largest absolute Gasteiger partial charge is 0.497 e. The van der Waals surface area contributed by atoms with Crippen molar-refractivity contribution in [1.82, 2.24) is 10.6 Å². The third-order valence-corrected chi connectivity index (χ3v) is 3.56. The lowest BCUT2D eigenvalue weighted by molar-refractivity contribution is 0.0944. The Labute approximate surface area is 119 Å². The summed E-state index contributed by atoms with van der Waals surface area (Å²) in [6.07, 6.45) is 2.34. The van der Waals surface area contributed by atoms with Gasteiger partial charge in [-0.25, -0.2) is 0 Å². The first kappa shape index (κ1) is 14.7. The average molecular weight is 278 g/mol. The van der Waals surface area contributed by atoms with E-state index in [0.717, 1.165) is 19.5 Å². The van der Waals surface area contributed by atoms with Crippen molar-refractivity contribution in [2.45, 2.75) is 12.8 Å². The summed E-state index contributed by atoms with van der Waals surface area (Å²) in [6.45, 7) is 2.75. The summed E-state index contributed by atoms with van der Waals surface area (Å²) in [5.41, 5.74) is 0.560. The summed E-state index contributed by atoms with van der Waals surface area (Å²) in [4.78, 5) is 12.2. The van der Waals surface area contributed by atoms with E-state index in [1.54, 1.807) is 32.4 Å². The van der Waals surface area contributed by atoms with Crippen LogP contribution in [0.2, 0.25) is 0 Å². The Morgan fingerprint density at radius 1 is 1.30 bits per heavy atom. The van der Waals surface area contributed by atoms with Crippen LogP contribution < -0.4 is 20.1 Å². The molecule has 2 N–H and O–H groups in total. The molecule has 110 valence electrons. The zero-order valence-electron chi connectivity index (χ0n) is 12.1. The molecule has 0 saturated carbocycles. The topological polar surface area (TPSA) is 59.6 Å². The molecule has 1 saturated heterocycles. The van der Waals surface area contributed by atoms with Gasteiger partial charge in [-0.3, -0.25) is 4.79 Å². The van der Waals surface area contributed by atoms with Gasteiger partial charge < -0.3 is 20.1 Å². The van der Waals surface area contributed by atoms with E-state index < -0.39 is 0 Å². The van der Waals surface area contributed by atoms with E-state index >= 15 is 0 Å². The lowest BCUT2D eigenvalue weighted by Gasteiger charge is -2.22. The van der Waals surface area contributed by atoms with E-state index in [-0.39, 0.29) is 5.91 Å². The summed E-state index contributed by atoms with van der Waals surface area (Å²) >= 11 is 0. The number of hydrogen-bond donors (Lipinski definition) is 2. The lowest BCUT2D eigenvalue weighted by atomic mass is 9.99. The van der Waals surface area contributed by atoms with Crippen molar-refractivity contribution in [3.05, 3.63) is 23.8 Å². The van der Waals surface area contributed by atoms with Crippen molar-refractivity contribution in [2.75, 3.05) is 33.9 Å². The maximum atomic E-state index is 12.2. The second-order valence-electron chi connectivity index (χ2n) is 5.02. The second-order valence-corrected chi connectivity index (χ2v) is 5.02. The minimum absolute atomic E-state index is 0.0900. The van der Waals surface area contributed by atoms with Crippen LogP contribution in [0.1, 0.15) is 23.2 Å². The van der Waals surface area contributed by atoms with Crippen LogP contribution in [0.25, 0.3) is 0 Å². The fraction of sp³-hybridized carbons (Fsp3) is 0.533. The molecule has 0 spiro atoms. The van der Waals surface area contributed by atoms with Crippen molar-refractivity contribution in [3.63, 3.8) is 0 Å². The Morgan fingerprint density at radius 3 is 2.55 bits per heavy atom. The number of carbonyl (C=O) groups excluding carboxylic acids is 1. The van der Waals surface area contributed by atoms with E-state index in [1.807, 2.05) is 0 Å². The Balaban J connectivity index is 1.97. The van der Waals surface area contributed by atoms with Gasteiger partial charge in [-0.15, -0.1) is 0 Å². The molecule has 20 heavy (non-hydrogen) atoms. The van der Waals surface area contributed by atoms with Crippen LogP contribution in [-0.2, 0) is 0 Å². The first-order chi connectivity index (χ1) is 9.72. The third kappa shape index (κ3) is 3.87. The number of hydrogen-bond acceptors (Lipinski definition) is 4. The van der Waals surface area contributed by atoms with Gasteiger partial charge in [0, 0.05) is 18.2 Å². The fourth-order valence-corrected chi connectivity index (χ4v) is 2.38. The van der Waals surface area contributed by atoms with Gasteiger partial charge in [-0.2, -0.15) is 0 Å². The predicted octanol–water partition coefficient (Wildman–Crippen LogP) is 1.43. The van der Waals surface area contributed by atoms with Crippen LogP contribution in [0, 0.1) is 5.92 Å². The van der Waals surface area contributed by atoms with Crippen LogP contribution in [0.5, 0.6) is 11.5 Å². The zero-order valence-corrected chi connectivity index (χ0v) is 12.1. The fourth-order valence-electron chi connectivity index (χ4n) is 2.38. The first-order valence-electron chi connectivity index (χ1n) is 6.95. The Hall–Kier alpha value is -1.75. The molecule has 0 bridgehead atoms. The van der Waals surface area contributed by atoms with Gasteiger partial charge in [0.15, 0.2) is 0 Å².